The van der Waals surface area contributed by atoms with E-state index in [0.29, 0.717) is 11.2 Å². The third-order valence-electron chi connectivity index (χ3n) is 4.60. The highest BCUT2D eigenvalue weighted by atomic mass is 79.9. The zero-order chi connectivity index (χ0) is 24.3. The lowest BCUT2D eigenvalue weighted by Gasteiger charge is -2.24. The molecule has 180 valence electrons. The normalized spacial score (nSPS) is 22.8. The molecule has 0 amide bonds. The maximum atomic E-state index is 12.4. The average molecular weight is 532 g/mol. The van der Waals surface area contributed by atoms with E-state index in [9.17, 15) is 14.4 Å². The Morgan fingerprint density at radius 1 is 1.18 bits per heavy atom. The molecule has 1 fully saturated rings. The predicted octanol–water partition coefficient (Wildman–Crippen LogP) is 0.749. The Balaban J connectivity index is 1.85. The van der Waals surface area contributed by atoms with E-state index in [1.807, 2.05) is 0 Å². The molecule has 1 saturated heterocycles. The van der Waals surface area contributed by atoms with Gasteiger partial charge in [-0.25, -0.2) is 24.5 Å². The number of imidazole rings is 1. The molecule has 1 aliphatic rings. The number of carbonyl (C=O) groups excluding carboxylic acids is 3. The Kier molecular flexibility index (Phi) is 7.46. The Morgan fingerprint density at radius 3 is 2.55 bits per heavy atom. The number of esters is 2. The van der Waals surface area contributed by atoms with Crippen molar-refractivity contribution in [2.45, 2.75) is 57.8 Å². The van der Waals surface area contributed by atoms with Crippen molar-refractivity contribution in [2.75, 3.05) is 12.3 Å². The molecule has 4 atom stereocenters. The third-order valence-corrected chi connectivity index (χ3v) is 5.03. The average Bonchev–Trinajstić information content (AvgIpc) is 3.30. The second-order valence-electron chi connectivity index (χ2n) is 7.54. The van der Waals surface area contributed by atoms with Crippen LogP contribution in [0, 0.1) is 0 Å². The van der Waals surface area contributed by atoms with Gasteiger partial charge in [0, 0.05) is 13.8 Å². The van der Waals surface area contributed by atoms with Crippen molar-refractivity contribution in [1.29, 1.82) is 0 Å². The van der Waals surface area contributed by atoms with Crippen molar-refractivity contribution < 1.29 is 42.2 Å². The molecule has 0 aromatic carbocycles. The van der Waals surface area contributed by atoms with Crippen molar-refractivity contribution in [3.05, 3.63) is 12.7 Å². The highest BCUT2D eigenvalue weighted by Gasteiger charge is 2.50. The summed E-state index contributed by atoms with van der Waals surface area (Å²) in [7, 11) is 0. The van der Waals surface area contributed by atoms with Gasteiger partial charge in [-0.1, -0.05) is 0 Å². The van der Waals surface area contributed by atoms with Crippen molar-refractivity contribution in [1.82, 2.24) is 19.5 Å². The largest absolute Gasteiger partial charge is 0.460 e. The van der Waals surface area contributed by atoms with Crippen LogP contribution < -0.4 is 5.73 Å². The highest BCUT2D eigenvalue weighted by molar-refractivity contribution is 9.06. The Morgan fingerprint density at radius 2 is 1.91 bits per heavy atom. The molecule has 2 aromatic heterocycles. The molecule has 0 bridgehead atoms. The van der Waals surface area contributed by atoms with Crippen LogP contribution in [0.2, 0.25) is 0 Å². The summed E-state index contributed by atoms with van der Waals surface area (Å²) < 4.78 is 23.1. The number of halogens is 1. The van der Waals surface area contributed by atoms with Crippen LogP contribution in [0.25, 0.3) is 11.2 Å². The minimum Gasteiger partial charge on any atom is -0.460 e. The first-order valence-electron chi connectivity index (χ1n) is 9.61. The van der Waals surface area contributed by atoms with E-state index < -0.39 is 48.0 Å². The van der Waals surface area contributed by atoms with Crippen molar-refractivity contribution in [3.8, 4) is 0 Å². The van der Waals surface area contributed by atoms with E-state index in [0.717, 1.165) is 6.92 Å². The molecular formula is C18H22BrN5O9. The predicted molar refractivity (Wildman–Crippen MR) is 111 cm³/mol. The van der Waals surface area contributed by atoms with E-state index >= 15 is 0 Å². The molecule has 2 unspecified atom stereocenters. The van der Waals surface area contributed by atoms with Crippen LogP contribution in [-0.2, 0) is 42.2 Å². The number of hydrogen-bond acceptors (Lipinski definition) is 13. The quantitative estimate of drug-likeness (QED) is 0.287. The van der Waals surface area contributed by atoms with Crippen LogP contribution in [0.3, 0.4) is 0 Å². The number of nitrogen functional groups attached to an aromatic ring is 1. The number of rotatable bonds is 8. The van der Waals surface area contributed by atoms with Gasteiger partial charge >= 0.3 is 17.9 Å². The van der Waals surface area contributed by atoms with Crippen LogP contribution in [0.15, 0.2) is 12.7 Å². The van der Waals surface area contributed by atoms with E-state index in [1.54, 1.807) is 0 Å². The number of hydrogen-bond donors (Lipinski definition) is 1. The SMILES string of the molecule is CC(=O)OOC1C(OBr)[C@@H](COC(=O)C(C)(C)OC(C)=O)O[C@H]1n1cnc2c(N)ncnc21. The Labute approximate surface area is 196 Å². The smallest absolute Gasteiger partial charge is 0.350 e. The molecule has 14 nitrogen and oxygen atoms in total. The lowest BCUT2D eigenvalue weighted by molar-refractivity contribution is -0.314. The lowest BCUT2D eigenvalue weighted by atomic mass is 10.1. The van der Waals surface area contributed by atoms with Crippen LogP contribution >= 0.6 is 16.3 Å². The van der Waals surface area contributed by atoms with E-state index in [1.165, 1.54) is 38.0 Å². The number of nitrogens with two attached hydrogens (primary N) is 1. The number of carbonyl (C=O) groups is 3. The van der Waals surface area contributed by atoms with E-state index in [2.05, 4.69) is 31.2 Å². The topological polar surface area (TPSA) is 176 Å². The summed E-state index contributed by atoms with van der Waals surface area (Å²) in [6.07, 6.45) is -1.18. The lowest BCUT2D eigenvalue weighted by Crippen LogP contribution is -2.41. The standard InChI is InChI=1S/C18H22BrN5O9/c1-8(25)30-18(3,4)17(27)28-5-10-12(31-19)13(33-32-9(2)26)16(29-10)24-7-23-11-14(20)21-6-22-15(11)24/h6-7,10,12-13,16H,5H2,1-4H3,(H2,20,21,22)/t10-,12?,13?,16-/m1/s1. The molecule has 1 aliphatic heterocycles. The number of aromatic nitrogens is 4. The number of nitrogens with zero attached hydrogens (tertiary/aromatic N) is 4. The van der Waals surface area contributed by atoms with E-state index in [-0.39, 0.29) is 12.4 Å². The third kappa shape index (κ3) is 5.38. The summed E-state index contributed by atoms with van der Waals surface area (Å²) in [5.41, 5.74) is 4.97. The van der Waals surface area contributed by atoms with Crippen LogP contribution in [0.4, 0.5) is 5.82 Å². The molecule has 3 heterocycles. The Bertz CT molecular complexity index is 1050. The maximum Gasteiger partial charge on any atom is 0.350 e. The fraction of sp³-hybridized carbons (Fsp3) is 0.556. The first-order chi connectivity index (χ1) is 15.5. The summed E-state index contributed by atoms with van der Waals surface area (Å²) in [6, 6.07) is 0. The molecule has 15 heteroatoms. The van der Waals surface area contributed by atoms with Crippen molar-refractivity contribution in [2.24, 2.45) is 0 Å². The molecule has 2 aromatic rings. The molecule has 0 spiro atoms. The van der Waals surface area contributed by atoms with E-state index in [4.69, 9.17) is 33.5 Å². The second kappa shape index (κ2) is 9.94. The van der Waals surface area contributed by atoms with Gasteiger partial charge in [0.1, 0.15) is 30.7 Å². The molecule has 2 N–H and O–H groups in total. The molecule has 33 heavy (non-hydrogen) atoms. The van der Waals surface area contributed by atoms with Crippen molar-refractivity contribution >= 4 is 51.1 Å². The molecule has 0 radical (unpaired) electrons. The molecular weight excluding hydrogens is 510 g/mol. The summed E-state index contributed by atoms with van der Waals surface area (Å²) in [4.78, 5) is 57.2. The zero-order valence-electron chi connectivity index (χ0n) is 18.1. The number of fused-ring (bicyclic) bond motifs is 1. The van der Waals surface area contributed by atoms with Crippen molar-refractivity contribution in [3.63, 3.8) is 0 Å². The summed E-state index contributed by atoms with van der Waals surface area (Å²) in [5.74, 6) is -1.99. The summed E-state index contributed by atoms with van der Waals surface area (Å²) in [6.45, 7) is 4.81. The highest BCUT2D eigenvalue weighted by Crippen LogP contribution is 2.37. The number of anilines is 1. The number of ether oxygens (including phenoxy) is 3. The first kappa shape index (κ1) is 24.8. The van der Waals surface area contributed by atoms with Gasteiger partial charge < -0.3 is 19.9 Å². The molecule has 3 rings (SSSR count). The van der Waals surface area contributed by atoms with Gasteiger partial charge in [0.05, 0.1) is 22.6 Å². The van der Waals surface area contributed by atoms with Gasteiger partial charge in [-0.2, -0.15) is 4.89 Å². The summed E-state index contributed by atoms with van der Waals surface area (Å²) >= 11 is 2.91. The fourth-order valence-electron chi connectivity index (χ4n) is 3.19. The van der Waals surface area contributed by atoms with Crippen LogP contribution in [-0.4, -0.2) is 67.9 Å². The minimum absolute atomic E-state index is 0.153. The van der Waals surface area contributed by atoms with Gasteiger partial charge in [0.15, 0.2) is 23.8 Å². The fourth-order valence-corrected chi connectivity index (χ4v) is 3.64. The summed E-state index contributed by atoms with van der Waals surface area (Å²) in [5, 5.41) is 0. The van der Waals surface area contributed by atoms with Crippen LogP contribution in [0.1, 0.15) is 33.9 Å². The minimum atomic E-state index is -1.52. The zero-order valence-corrected chi connectivity index (χ0v) is 19.7. The maximum absolute atomic E-state index is 12.4. The van der Waals surface area contributed by atoms with Gasteiger partial charge in [0.2, 0.25) is 5.60 Å². The first-order valence-corrected chi connectivity index (χ1v) is 10.3. The van der Waals surface area contributed by atoms with Gasteiger partial charge in [-0.3, -0.25) is 18.1 Å². The Hall–Kier alpha value is -2.88. The van der Waals surface area contributed by atoms with Gasteiger partial charge in [0.25, 0.3) is 0 Å². The van der Waals surface area contributed by atoms with Crippen LogP contribution in [0.5, 0.6) is 0 Å². The molecule has 0 aliphatic carbocycles. The van der Waals surface area contributed by atoms with Gasteiger partial charge in [-0.15, -0.1) is 0 Å². The monoisotopic (exact) mass is 531 g/mol. The molecule has 0 saturated carbocycles. The van der Waals surface area contributed by atoms with Gasteiger partial charge in [-0.05, 0) is 13.8 Å². The second-order valence-corrected chi connectivity index (χ2v) is 7.91.